The van der Waals surface area contributed by atoms with Crippen molar-refractivity contribution in [2.45, 2.75) is 30.7 Å². The number of carbonyl (C=O) groups is 2. The van der Waals surface area contributed by atoms with Gasteiger partial charge in [0.25, 0.3) is 0 Å². The number of ether oxygens (including phenoxy) is 2. The molecule has 2 aromatic carbocycles. The van der Waals surface area contributed by atoms with E-state index < -0.39 is 0 Å². The molecule has 0 spiro atoms. The van der Waals surface area contributed by atoms with E-state index in [2.05, 4.69) is 5.32 Å². The van der Waals surface area contributed by atoms with E-state index in [1.165, 1.54) is 0 Å². The highest BCUT2D eigenvalue weighted by atomic mass is 32.2. The normalized spacial score (nSPS) is 13.3. The molecule has 1 aliphatic rings. The van der Waals surface area contributed by atoms with E-state index >= 15 is 0 Å². The minimum absolute atomic E-state index is 0.0245. The number of amides is 1. The summed E-state index contributed by atoms with van der Waals surface area (Å²) in [4.78, 5) is 25.5. The Bertz CT molecular complexity index is 804. The predicted octanol–water partition coefficient (Wildman–Crippen LogP) is 3.98. The fourth-order valence-electron chi connectivity index (χ4n) is 2.73. The fourth-order valence-corrected chi connectivity index (χ4v) is 3.14. The van der Waals surface area contributed by atoms with Crippen LogP contribution in [-0.4, -0.2) is 24.7 Å². The number of rotatable bonds is 7. The van der Waals surface area contributed by atoms with Crippen LogP contribution in [-0.2, 0) is 4.79 Å². The molecule has 0 bridgehead atoms. The first-order valence-corrected chi connectivity index (χ1v) is 9.65. The summed E-state index contributed by atoms with van der Waals surface area (Å²) in [5.74, 6) is 1.23. The third kappa shape index (κ3) is 4.38. The van der Waals surface area contributed by atoms with Gasteiger partial charge in [-0.1, -0.05) is 18.2 Å². The first-order valence-electron chi connectivity index (χ1n) is 8.43. The first kappa shape index (κ1) is 18.3. The van der Waals surface area contributed by atoms with Crippen LogP contribution in [0.5, 0.6) is 11.5 Å². The minimum Gasteiger partial charge on any atom is -0.454 e. The summed E-state index contributed by atoms with van der Waals surface area (Å²) in [6.07, 6.45) is 2.35. The molecular formula is C20H21NO4S. The fraction of sp³-hybridized carbons (Fsp3) is 0.300. The summed E-state index contributed by atoms with van der Waals surface area (Å²) >= 11 is 1.63. The third-order valence-corrected chi connectivity index (χ3v) is 5.01. The number of thioether (sulfide) groups is 1. The van der Waals surface area contributed by atoms with Crippen molar-refractivity contribution >= 4 is 23.5 Å². The van der Waals surface area contributed by atoms with Crippen LogP contribution in [0.2, 0.25) is 0 Å². The Balaban J connectivity index is 1.51. The number of hydrogen-bond acceptors (Lipinski definition) is 5. The van der Waals surface area contributed by atoms with E-state index in [0.29, 0.717) is 17.1 Å². The van der Waals surface area contributed by atoms with Gasteiger partial charge in [-0.05, 0) is 43.0 Å². The maximum atomic E-state index is 12.2. The van der Waals surface area contributed by atoms with Gasteiger partial charge >= 0.3 is 0 Å². The molecular weight excluding hydrogens is 350 g/mol. The number of carbonyl (C=O) groups excluding carboxylic acids is 2. The molecule has 6 heteroatoms. The number of hydrogen-bond donors (Lipinski definition) is 1. The van der Waals surface area contributed by atoms with Crippen molar-refractivity contribution in [2.75, 3.05) is 13.0 Å². The van der Waals surface area contributed by atoms with Gasteiger partial charge in [0.15, 0.2) is 17.3 Å². The van der Waals surface area contributed by atoms with Gasteiger partial charge in [0.2, 0.25) is 12.7 Å². The van der Waals surface area contributed by atoms with Crippen LogP contribution in [0, 0.1) is 0 Å². The van der Waals surface area contributed by atoms with Gasteiger partial charge in [0.05, 0.1) is 6.04 Å². The van der Waals surface area contributed by atoms with Crippen molar-refractivity contribution in [2.24, 2.45) is 0 Å². The highest BCUT2D eigenvalue weighted by Crippen LogP contribution is 2.34. The highest BCUT2D eigenvalue weighted by molar-refractivity contribution is 7.98. The van der Waals surface area contributed by atoms with Gasteiger partial charge < -0.3 is 14.8 Å². The molecule has 0 saturated heterocycles. The number of fused-ring (bicyclic) bond motifs is 1. The van der Waals surface area contributed by atoms with Crippen molar-refractivity contribution in [3.63, 3.8) is 0 Å². The summed E-state index contributed by atoms with van der Waals surface area (Å²) in [5.41, 5.74) is 1.57. The van der Waals surface area contributed by atoms with Crippen LogP contribution in [0.3, 0.4) is 0 Å². The Hall–Kier alpha value is -2.47. The lowest BCUT2D eigenvalue weighted by Gasteiger charge is -2.14. The molecule has 2 aromatic rings. The smallest absolute Gasteiger partial charge is 0.231 e. The lowest BCUT2D eigenvalue weighted by molar-refractivity contribution is -0.121. The van der Waals surface area contributed by atoms with Crippen molar-refractivity contribution < 1.29 is 19.1 Å². The topological polar surface area (TPSA) is 64.6 Å². The Kier molecular flexibility index (Phi) is 5.83. The van der Waals surface area contributed by atoms with Gasteiger partial charge in [0.1, 0.15) is 0 Å². The molecule has 5 nitrogen and oxygen atoms in total. The summed E-state index contributed by atoms with van der Waals surface area (Å²) < 4.78 is 10.6. The second-order valence-electron chi connectivity index (χ2n) is 6.05. The lowest BCUT2D eigenvalue weighted by atomic mass is 10.1. The van der Waals surface area contributed by atoms with E-state index in [4.69, 9.17) is 9.47 Å². The molecule has 3 rings (SSSR count). The van der Waals surface area contributed by atoms with Crippen LogP contribution in [0.4, 0.5) is 0 Å². The Morgan fingerprint density at radius 2 is 1.81 bits per heavy atom. The predicted molar refractivity (Wildman–Crippen MR) is 101 cm³/mol. The Morgan fingerprint density at radius 1 is 1.08 bits per heavy atom. The van der Waals surface area contributed by atoms with E-state index in [-0.39, 0.29) is 37.4 Å². The quantitative estimate of drug-likeness (QED) is 0.589. The van der Waals surface area contributed by atoms with Crippen LogP contribution in [0.1, 0.15) is 41.7 Å². The molecule has 0 saturated carbocycles. The van der Waals surface area contributed by atoms with E-state index in [0.717, 1.165) is 10.5 Å². The van der Waals surface area contributed by atoms with Crippen LogP contribution >= 0.6 is 11.8 Å². The zero-order chi connectivity index (χ0) is 18.5. The van der Waals surface area contributed by atoms with Crippen molar-refractivity contribution in [3.05, 3.63) is 53.6 Å². The van der Waals surface area contributed by atoms with Gasteiger partial charge in [-0.3, -0.25) is 9.59 Å². The molecule has 0 fully saturated rings. The largest absolute Gasteiger partial charge is 0.454 e. The number of Topliss-reactive ketones (excluding diaryl/α,β-unsaturated/α-hetero) is 1. The molecule has 1 heterocycles. The number of nitrogens with one attached hydrogen (secondary N) is 1. The monoisotopic (exact) mass is 371 g/mol. The molecule has 1 unspecified atom stereocenters. The maximum Gasteiger partial charge on any atom is 0.231 e. The third-order valence-electron chi connectivity index (χ3n) is 4.27. The van der Waals surface area contributed by atoms with Crippen LogP contribution < -0.4 is 14.8 Å². The summed E-state index contributed by atoms with van der Waals surface area (Å²) in [6.45, 7) is 2.12. The van der Waals surface area contributed by atoms with E-state index in [1.807, 2.05) is 43.5 Å². The second-order valence-corrected chi connectivity index (χ2v) is 6.93. The zero-order valence-electron chi connectivity index (χ0n) is 14.8. The lowest BCUT2D eigenvalue weighted by Crippen LogP contribution is -2.26. The molecule has 1 amide bonds. The molecule has 1 N–H and O–H groups in total. The van der Waals surface area contributed by atoms with Gasteiger partial charge in [0, 0.05) is 23.3 Å². The standard InChI is InChI=1S/C20H21NO4S/c1-13(15-5-9-18-19(11-15)25-12-24-18)21-20(23)10-8-17(22)14-3-6-16(26-2)7-4-14/h3-7,9,11,13H,8,10,12H2,1-2H3,(H,21,23). The summed E-state index contributed by atoms with van der Waals surface area (Å²) in [5, 5.41) is 2.92. The van der Waals surface area contributed by atoms with E-state index in [1.54, 1.807) is 23.9 Å². The molecule has 0 aliphatic carbocycles. The van der Waals surface area contributed by atoms with Crippen molar-refractivity contribution in [3.8, 4) is 11.5 Å². The Morgan fingerprint density at radius 3 is 2.54 bits per heavy atom. The average molecular weight is 371 g/mol. The molecule has 1 atom stereocenters. The zero-order valence-corrected chi connectivity index (χ0v) is 15.6. The van der Waals surface area contributed by atoms with Crippen molar-refractivity contribution in [1.82, 2.24) is 5.32 Å². The Labute approximate surface area is 157 Å². The maximum absolute atomic E-state index is 12.2. The first-order chi connectivity index (χ1) is 12.6. The number of benzene rings is 2. The van der Waals surface area contributed by atoms with Gasteiger partial charge in [-0.2, -0.15) is 0 Å². The van der Waals surface area contributed by atoms with Crippen molar-refractivity contribution in [1.29, 1.82) is 0 Å². The molecule has 26 heavy (non-hydrogen) atoms. The van der Waals surface area contributed by atoms with Crippen LogP contribution in [0.15, 0.2) is 47.4 Å². The SMILES string of the molecule is CSc1ccc(C(=O)CCC(=O)NC(C)c2ccc3c(c2)OCO3)cc1. The highest BCUT2D eigenvalue weighted by Gasteiger charge is 2.17. The second kappa shape index (κ2) is 8.27. The van der Waals surface area contributed by atoms with Crippen LogP contribution in [0.25, 0.3) is 0 Å². The summed E-state index contributed by atoms with van der Waals surface area (Å²) in [7, 11) is 0. The van der Waals surface area contributed by atoms with Gasteiger partial charge in [-0.15, -0.1) is 11.8 Å². The van der Waals surface area contributed by atoms with E-state index in [9.17, 15) is 9.59 Å². The number of ketones is 1. The molecule has 1 aliphatic heterocycles. The molecule has 136 valence electrons. The average Bonchev–Trinajstić information content (AvgIpc) is 3.14. The minimum atomic E-state index is -0.173. The summed E-state index contributed by atoms with van der Waals surface area (Å²) in [6, 6.07) is 12.9. The molecule has 0 aromatic heterocycles. The van der Waals surface area contributed by atoms with Gasteiger partial charge in [-0.25, -0.2) is 0 Å². The molecule has 0 radical (unpaired) electrons.